The highest BCUT2D eigenvalue weighted by atomic mass is 16.5. The van der Waals surface area contributed by atoms with Crippen molar-refractivity contribution in [1.29, 1.82) is 0 Å². The molecule has 4 nitrogen and oxygen atoms in total. The van der Waals surface area contributed by atoms with Crippen molar-refractivity contribution in [2.24, 2.45) is 0 Å². The fourth-order valence-corrected chi connectivity index (χ4v) is 1.61. The van der Waals surface area contributed by atoms with E-state index < -0.39 is 0 Å². The third-order valence-electron chi connectivity index (χ3n) is 2.78. The summed E-state index contributed by atoms with van der Waals surface area (Å²) < 4.78 is 9.88. The SMILES string of the molecule is C=CC(=O)OCCCCCCCCCOC(=O)C(=C)C. The molecule has 0 aromatic rings. The second-order valence-electron chi connectivity index (χ2n) is 4.76. The van der Waals surface area contributed by atoms with Gasteiger partial charge >= 0.3 is 11.9 Å². The molecule has 0 fully saturated rings. The molecule has 0 bridgehead atoms. The summed E-state index contributed by atoms with van der Waals surface area (Å²) >= 11 is 0. The minimum atomic E-state index is -0.352. The van der Waals surface area contributed by atoms with Gasteiger partial charge in [0.2, 0.25) is 0 Å². The first-order valence-electron chi connectivity index (χ1n) is 7.19. The number of carbonyl (C=O) groups excluding carboxylic acids is 2. The molecule has 0 saturated carbocycles. The highest BCUT2D eigenvalue weighted by Crippen LogP contribution is 2.07. The van der Waals surface area contributed by atoms with Crippen LogP contribution in [0, 0.1) is 0 Å². The Bertz CT molecular complexity index is 320. The number of rotatable bonds is 12. The van der Waals surface area contributed by atoms with Crippen molar-refractivity contribution in [3.63, 3.8) is 0 Å². The third-order valence-corrected chi connectivity index (χ3v) is 2.78. The lowest BCUT2D eigenvalue weighted by molar-refractivity contribution is -0.139. The van der Waals surface area contributed by atoms with Crippen molar-refractivity contribution in [1.82, 2.24) is 0 Å². The summed E-state index contributed by atoms with van der Waals surface area (Å²) in [4.78, 5) is 21.8. The van der Waals surface area contributed by atoms with Crippen molar-refractivity contribution in [2.45, 2.75) is 51.9 Å². The first-order valence-corrected chi connectivity index (χ1v) is 7.19. The molecule has 0 aromatic carbocycles. The Morgan fingerprint density at radius 1 is 0.900 bits per heavy atom. The molecule has 0 unspecified atom stereocenters. The Kier molecular flexibility index (Phi) is 11.5. The molecule has 20 heavy (non-hydrogen) atoms. The zero-order valence-corrected chi connectivity index (χ0v) is 12.5. The second-order valence-corrected chi connectivity index (χ2v) is 4.76. The Morgan fingerprint density at radius 2 is 1.35 bits per heavy atom. The van der Waals surface area contributed by atoms with Crippen LogP contribution < -0.4 is 0 Å². The molecule has 4 heteroatoms. The predicted molar refractivity (Wildman–Crippen MR) is 79.2 cm³/mol. The van der Waals surface area contributed by atoms with E-state index in [0.717, 1.165) is 44.9 Å². The normalized spacial score (nSPS) is 9.85. The van der Waals surface area contributed by atoms with E-state index in [9.17, 15) is 9.59 Å². The fourth-order valence-electron chi connectivity index (χ4n) is 1.61. The average molecular weight is 282 g/mol. The van der Waals surface area contributed by atoms with Crippen LogP contribution in [0.3, 0.4) is 0 Å². The van der Waals surface area contributed by atoms with Gasteiger partial charge in [0.25, 0.3) is 0 Å². The molecule has 0 aromatic heterocycles. The highest BCUT2D eigenvalue weighted by molar-refractivity contribution is 5.86. The van der Waals surface area contributed by atoms with Crippen molar-refractivity contribution < 1.29 is 19.1 Å². The molecule has 0 aliphatic rings. The molecular weight excluding hydrogens is 256 g/mol. The number of hydrogen-bond donors (Lipinski definition) is 0. The standard InChI is InChI=1S/C16H26O4/c1-4-15(17)19-12-10-8-6-5-7-9-11-13-20-16(18)14(2)3/h4H,1-2,5-13H2,3H3. The number of hydrogen-bond acceptors (Lipinski definition) is 4. The molecular formula is C16H26O4. The molecule has 0 heterocycles. The van der Waals surface area contributed by atoms with Crippen LogP contribution in [0.15, 0.2) is 24.8 Å². The summed E-state index contributed by atoms with van der Waals surface area (Å²) in [5, 5.41) is 0. The maximum Gasteiger partial charge on any atom is 0.333 e. The number of carbonyl (C=O) groups is 2. The zero-order chi connectivity index (χ0) is 15.2. The van der Waals surface area contributed by atoms with E-state index in [1.165, 1.54) is 6.08 Å². The smallest absolute Gasteiger partial charge is 0.333 e. The fraction of sp³-hybridized carbons (Fsp3) is 0.625. The quantitative estimate of drug-likeness (QED) is 0.312. The van der Waals surface area contributed by atoms with E-state index in [1.807, 2.05) is 0 Å². The second kappa shape index (κ2) is 12.5. The van der Waals surface area contributed by atoms with Gasteiger partial charge in [0.05, 0.1) is 13.2 Å². The summed E-state index contributed by atoms with van der Waals surface area (Å²) in [6.45, 7) is 9.45. The number of esters is 2. The van der Waals surface area contributed by atoms with Crippen LogP contribution >= 0.6 is 0 Å². The topological polar surface area (TPSA) is 52.6 Å². The third kappa shape index (κ3) is 11.5. The van der Waals surface area contributed by atoms with E-state index in [4.69, 9.17) is 9.47 Å². The maximum atomic E-state index is 11.1. The van der Waals surface area contributed by atoms with Gasteiger partial charge in [0.15, 0.2) is 0 Å². The van der Waals surface area contributed by atoms with Gasteiger partial charge in [-0.1, -0.05) is 45.3 Å². The summed E-state index contributed by atoms with van der Waals surface area (Å²) in [6.07, 6.45) is 8.54. The molecule has 0 saturated heterocycles. The summed E-state index contributed by atoms with van der Waals surface area (Å²) in [6, 6.07) is 0. The van der Waals surface area contributed by atoms with Crippen molar-refractivity contribution >= 4 is 11.9 Å². The zero-order valence-electron chi connectivity index (χ0n) is 12.5. The van der Waals surface area contributed by atoms with Gasteiger partial charge < -0.3 is 9.47 Å². The van der Waals surface area contributed by atoms with Crippen molar-refractivity contribution in [3.8, 4) is 0 Å². The van der Waals surface area contributed by atoms with Crippen LogP contribution in [0.1, 0.15) is 51.9 Å². The van der Waals surface area contributed by atoms with Crippen LogP contribution in [0.5, 0.6) is 0 Å². The van der Waals surface area contributed by atoms with Crippen LogP contribution in [0.25, 0.3) is 0 Å². The van der Waals surface area contributed by atoms with E-state index in [0.29, 0.717) is 18.8 Å². The Balaban J connectivity index is 3.17. The minimum Gasteiger partial charge on any atom is -0.463 e. The number of ether oxygens (including phenoxy) is 2. The van der Waals surface area contributed by atoms with Crippen LogP contribution in [-0.4, -0.2) is 25.2 Å². The maximum absolute atomic E-state index is 11.1. The van der Waals surface area contributed by atoms with Gasteiger partial charge in [0.1, 0.15) is 0 Å². The highest BCUT2D eigenvalue weighted by Gasteiger charge is 2.01. The van der Waals surface area contributed by atoms with Gasteiger partial charge in [-0.3, -0.25) is 0 Å². The molecule has 0 N–H and O–H groups in total. The van der Waals surface area contributed by atoms with Gasteiger partial charge in [-0.25, -0.2) is 9.59 Å². The molecule has 0 radical (unpaired) electrons. The lowest BCUT2D eigenvalue weighted by Crippen LogP contribution is -2.06. The van der Waals surface area contributed by atoms with Gasteiger partial charge in [-0.2, -0.15) is 0 Å². The Morgan fingerprint density at radius 3 is 1.80 bits per heavy atom. The van der Waals surface area contributed by atoms with Crippen molar-refractivity contribution in [2.75, 3.05) is 13.2 Å². The van der Waals surface area contributed by atoms with Crippen molar-refractivity contribution in [3.05, 3.63) is 24.8 Å². The first kappa shape index (κ1) is 18.4. The monoisotopic (exact) mass is 282 g/mol. The Hall–Kier alpha value is -1.58. The van der Waals surface area contributed by atoms with Gasteiger partial charge in [-0.15, -0.1) is 0 Å². The predicted octanol–water partition coefficient (Wildman–Crippen LogP) is 3.57. The molecule has 0 spiro atoms. The van der Waals surface area contributed by atoms with Crippen LogP contribution in [0.4, 0.5) is 0 Å². The molecule has 0 atom stereocenters. The van der Waals surface area contributed by atoms with Gasteiger partial charge in [-0.05, 0) is 19.8 Å². The number of unbranched alkanes of at least 4 members (excludes halogenated alkanes) is 6. The van der Waals surface area contributed by atoms with E-state index >= 15 is 0 Å². The summed E-state index contributed by atoms with van der Waals surface area (Å²) in [7, 11) is 0. The molecule has 114 valence electrons. The van der Waals surface area contributed by atoms with E-state index in [2.05, 4.69) is 13.2 Å². The molecule has 0 rings (SSSR count). The lowest BCUT2D eigenvalue weighted by Gasteiger charge is -2.04. The van der Waals surface area contributed by atoms with Crippen LogP contribution in [0.2, 0.25) is 0 Å². The lowest BCUT2D eigenvalue weighted by atomic mass is 10.1. The first-order chi connectivity index (χ1) is 9.57. The molecule has 0 aliphatic carbocycles. The molecule has 0 amide bonds. The largest absolute Gasteiger partial charge is 0.463 e. The summed E-state index contributed by atoms with van der Waals surface area (Å²) in [5.74, 6) is -0.659. The average Bonchev–Trinajstić information content (AvgIpc) is 2.43. The molecule has 0 aliphatic heterocycles. The Labute approximate surface area is 121 Å². The van der Waals surface area contributed by atoms with E-state index in [-0.39, 0.29) is 11.9 Å². The van der Waals surface area contributed by atoms with Crippen LogP contribution in [-0.2, 0) is 19.1 Å². The van der Waals surface area contributed by atoms with E-state index in [1.54, 1.807) is 6.92 Å². The summed E-state index contributed by atoms with van der Waals surface area (Å²) in [5.41, 5.74) is 0.446. The van der Waals surface area contributed by atoms with Gasteiger partial charge in [0, 0.05) is 11.6 Å². The minimum absolute atomic E-state index is 0.306.